The Kier molecular flexibility index (Phi) is 4.28. The minimum atomic E-state index is -0.109. The number of hydrogen-bond acceptors (Lipinski definition) is 5. The Hall–Kier alpha value is -1.45. The van der Waals surface area contributed by atoms with E-state index in [2.05, 4.69) is 16.4 Å². The van der Waals surface area contributed by atoms with Gasteiger partial charge in [-0.05, 0) is 19.8 Å². The average Bonchev–Trinajstić information content (AvgIpc) is 2.83. The molecule has 1 unspecified atom stereocenters. The van der Waals surface area contributed by atoms with E-state index in [4.69, 9.17) is 10.00 Å². The van der Waals surface area contributed by atoms with Crippen LogP contribution in [-0.4, -0.2) is 39.9 Å². The molecule has 0 aliphatic carbocycles. The Morgan fingerprint density at radius 2 is 2.28 bits per heavy atom. The van der Waals surface area contributed by atoms with Crippen LogP contribution in [0.5, 0.6) is 0 Å². The molecule has 1 aliphatic rings. The van der Waals surface area contributed by atoms with E-state index in [-0.39, 0.29) is 19.1 Å². The van der Waals surface area contributed by atoms with Gasteiger partial charge in [0.2, 0.25) is 0 Å². The molecule has 1 aromatic rings. The lowest BCUT2D eigenvalue weighted by Gasteiger charge is -2.24. The molecule has 6 heteroatoms. The number of rotatable bonds is 4. The number of aromatic nitrogens is 3. The zero-order valence-corrected chi connectivity index (χ0v) is 10.5. The summed E-state index contributed by atoms with van der Waals surface area (Å²) in [6, 6.07) is 2.02. The van der Waals surface area contributed by atoms with E-state index in [1.165, 1.54) is 0 Å². The van der Waals surface area contributed by atoms with Crippen LogP contribution in [0.2, 0.25) is 0 Å². The molecule has 1 saturated heterocycles. The van der Waals surface area contributed by atoms with Gasteiger partial charge >= 0.3 is 0 Å². The molecular formula is C12H18N4O2. The summed E-state index contributed by atoms with van der Waals surface area (Å²) in [7, 11) is 0. The summed E-state index contributed by atoms with van der Waals surface area (Å²) in [4.78, 5) is 0. The Morgan fingerprint density at radius 1 is 1.56 bits per heavy atom. The lowest BCUT2D eigenvalue weighted by atomic mass is 9.94. The molecule has 0 amide bonds. The van der Waals surface area contributed by atoms with Gasteiger partial charge in [0.25, 0.3) is 0 Å². The monoisotopic (exact) mass is 250 g/mol. The molecule has 18 heavy (non-hydrogen) atoms. The smallest absolute Gasteiger partial charge is 0.100 e. The van der Waals surface area contributed by atoms with Crippen LogP contribution in [0.25, 0.3) is 0 Å². The molecule has 2 rings (SSSR count). The summed E-state index contributed by atoms with van der Waals surface area (Å²) in [6.07, 6.45) is 2.11. The van der Waals surface area contributed by atoms with E-state index in [1.807, 2.05) is 6.92 Å². The molecule has 2 heterocycles. The molecule has 0 bridgehead atoms. The van der Waals surface area contributed by atoms with Crippen molar-refractivity contribution in [1.29, 1.82) is 5.26 Å². The predicted octanol–water partition coefficient (Wildman–Crippen LogP) is 0.791. The molecule has 98 valence electrons. The molecule has 1 atom stereocenters. The SMILES string of the molecule is CC(CO)n1nnc(CC#N)c1C1CCOCC1. The fraction of sp³-hybridized carbons (Fsp3) is 0.750. The van der Waals surface area contributed by atoms with Crippen molar-refractivity contribution in [2.45, 2.75) is 38.1 Å². The van der Waals surface area contributed by atoms with Crippen molar-refractivity contribution in [1.82, 2.24) is 15.0 Å². The fourth-order valence-corrected chi connectivity index (χ4v) is 2.33. The van der Waals surface area contributed by atoms with E-state index in [9.17, 15) is 5.11 Å². The minimum Gasteiger partial charge on any atom is -0.394 e. The van der Waals surface area contributed by atoms with Crippen LogP contribution in [-0.2, 0) is 11.2 Å². The van der Waals surface area contributed by atoms with Gasteiger partial charge in [0.15, 0.2) is 0 Å². The van der Waals surface area contributed by atoms with Gasteiger partial charge in [-0.1, -0.05) is 5.21 Å². The fourth-order valence-electron chi connectivity index (χ4n) is 2.33. The normalized spacial score (nSPS) is 18.5. The molecule has 1 aliphatic heterocycles. The highest BCUT2D eigenvalue weighted by Crippen LogP contribution is 2.30. The Morgan fingerprint density at radius 3 is 2.89 bits per heavy atom. The molecule has 0 aromatic carbocycles. The summed E-state index contributed by atoms with van der Waals surface area (Å²) >= 11 is 0. The van der Waals surface area contributed by atoms with Crippen molar-refractivity contribution in [3.05, 3.63) is 11.4 Å². The van der Waals surface area contributed by atoms with Crippen molar-refractivity contribution in [3.8, 4) is 6.07 Å². The predicted molar refractivity (Wildman–Crippen MR) is 63.9 cm³/mol. The topological polar surface area (TPSA) is 84.0 Å². The molecule has 0 spiro atoms. The molecule has 6 nitrogen and oxygen atoms in total. The van der Waals surface area contributed by atoms with Crippen molar-refractivity contribution in [2.75, 3.05) is 19.8 Å². The van der Waals surface area contributed by atoms with Gasteiger partial charge in [0.1, 0.15) is 5.69 Å². The zero-order valence-electron chi connectivity index (χ0n) is 10.5. The van der Waals surface area contributed by atoms with Crippen LogP contribution in [0, 0.1) is 11.3 Å². The molecule has 1 fully saturated rings. The van der Waals surface area contributed by atoms with E-state index in [1.54, 1.807) is 4.68 Å². The van der Waals surface area contributed by atoms with E-state index >= 15 is 0 Å². The zero-order chi connectivity index (χ0) is 13.0. The highest BCUT2D eigenvalue weighted by Gasteiger charge is 2.26. The number of aliphatic hydroxyl groups excluding tert-OH is 1. The third-order valence-corrected chi connectivity index (χ3v) is 3.34. The minimum absolute atomic E-state index is 0.0194. The Bertz CT molecular complexity index is 432. The lowest BCUT2D eigenvalue weighted by molar-refractivity contribution is 0.0824. The first kappa shape index (κ1) is 13.0. The van der Waals surface area contributed by atoms with Gasteiger partial charge in [-0.2, -0.15) is 5.26 Å². The van der Waals surface area contributed by atoms with Crippen LogP contribution >= 0.6 is 0 Å². The summed E-state index contributed by atoms with van der Waals surface area (Å²) in [5.74, 6) is 0.325. The number of ether oxygens (including phenoxy) is 1. The summed E-state index contributed by atoms with van der Waals surface area (Å²) in [5.41, 5.74) is 1.74. The summed E-state index contributed by atoms with van der Waals surface area (Å²) < 4.78 is 7.13. The van der Waals surface area contributed by atoms with E-state index < -0.39 is 0 Å². The van der Waals surface area contributed by atoms with Crippen LogP contribution in [0.3, 0.4) is 0 Å². The van der Waals surface area contributed by atoms with Gasteiger partial charge in [-0.3, -0.25) is 0 Å². The lowest BCUT2D eigenvalue weighted by Crippen LogP contribution is -2.21. The van der Waals surface area contributed by atoms with Crippen LogP contribution in [0.15, 0.2) is 0 Å². The van der Waals surface area contributed by atoms with E-state index in [0.717, 1.165) is 37.4 Å². The maximum absolute atomic E-state index is 9.27. The van der Waals surface area contributed by atoms with Gasteiger partial charge in [0.05, 0.1) is 30.8 Å². The molecule has 1 aromatic heterocycles. The molecule has 1 N–H and O–H groups in total. The summed E-state index contributed by atoms with van der Waals surface area (Å²) in [6.45, 7) is 3.38. The number of nitriles is 1. The number of aliphatic hydroxyl groups is 1. The second-order valence-corrected chi connectivity index (χ2v) is 4.62. The average molecular weight is 250 g/mol. The van der Waals surface area contributed by atoms with Gasteiger partial charge in [-0.15, -0.1) is 5.10 Å². The standard InChI is InChI=1S/C12H18N4O2/c1-9(8-17)16-12(10-3-6-18-7-4-10)11(2-5-13)14-15-16/h9-10,17H,2-4,6-8H2,1H3. The van der Waals surface area contributed by atoms with Crippen LogP contribution < -0.4 is 0 Å². The van der Waals surface area contributed by atoms with Crippen LogP contribution in [0.1, 0.15) is 43.1 Å². The summed E-state index contributed by atoms with van der Waals surface area (Å²) in [5, 5.41) is 26.3. The first-order valence-electron chi connectivity index (χ1n) is 6.27. The van der Waals surface area contributed by atoms with Crippen molar-refractivity contribution >= 4 is 0 Å². The quantitative estimate of drug-likeness (QED) is 0.854. The number of hydrogen-bond donors (Lipinski definition) is 1. The first-order chi connectivity index (χ1) is 8.77. The van der Waals surface area contributed by atoms with Crippen molar-refractivity contribution in [3.63, 3.8) is 0 Å². The van der Waals surface area contributed by atoms with Gasteiger partial charge in [-0.25, -0.2) is 4.68 Å². The second-order valence-electron chi connectivity index (χ2n) is 4.62. The highest BCUT2D eigenvalue weighted by atomic mass is 16.5. The second kappa shape index (κ2) is 5.94. The largest absolute Gasteiger partial charge is 0.394 e. The van der Waals surface area contributed by atoms with Gasteiger partial charge in [0, 0.05) is 19.1 Å². The van der Waals surface area contributed by atoms with Crippen molar-refractivity contribution in [2.24, 2.45) is 0 Å². The van der Waals surface area contributed by atoms with Crippen LogP contribution in [0.4, 0.5) is 0 Å². The maximum atomic E-state index is 9.27. The highest BCUT2D eigenvalue weighted by molar-refractivity contribution is 5.20. The third kappa shape index (κ3) is 2.52. The first-order valence-corrected chi connectivity index (χ1v) is 6.27. The Balaban J connectivity index is 2.33. The third-order valence-electron chi connectivity index (χ3n) is 3.34. The van der Waals surface area contributed by atoms with Crippen molar-refractivity contribution < 1.29 is 9.84 Å². The van der Waals surface area contributed by atoms with E-state index in [0.29, 0.717) is 5.92 Å². The molecule has 0 saturated carbocycles. The number of nitrogens with zero attached hydrogens (tertiary/aromatic N) is 4. The van der Waals surface area contributed by atoms with Gasteiger partial charge < -0.3 is 9.84 Å². The maximum Gasteiger partial charge on any atom is 0.100 e. The Labute approximate surface area is 106 Å². The molecular weight excluding hydrogens is 232 g/mol. The molecule has 0 radical (unpaired) electrons.